The summed E-state index contributed by atoms with van der Waals surface area (Å²) in [5, 5.41) is 25.3. The molecular formula is C49H57F3N8O8S2. The number of benzene rings is 2. The highest BCUT2D eigenvalue weighted by atomic mass is 32.1. The number of unbranched alkanes of at least 4 members (excludes halogenated alkanes) is 1. The minimum absolute atomic E-state index is 0.0362. The van der Waals surface area contributed by atoms with Gasteiger partial charge in [-0.15, -0.1) is 11.3 Å². The van der Waals surface area contributed by atoms with Crippen LogP contribution in [0.2, 0.25) is 0 Å². The fourth-order valence-electron chi connectivity index (χ4n) is 8.04. The van der Waals surface area contributed by atoms with Crippen LogP contribution in [0.5, 0.6) is 5.75 Å². The lowest BCUT2D eigenvalue weighted by atomic mass is 9.85. The van der Waals surface area contributed by atoms with Crippen molar-refractivity contribution in [3.63, 3.8) is 0 Å². The van der Waals surface area contributed by atoms with E-state index in [1.54, 1.807) is 55.0 Å². The summed E-state index contributed by atoms with van der Waals surface area (Å²) < 4.78 is 58.2. The molecule has 2 fully saturated rings. The second-order valence-corrected chi connectivity index (χ2v) is 19.7. The second-order valence-electron chi connectivity index (χ2n) is 18.5. The molecule has 2 aromatic carbocycles. The van der Waals surface area contributed by atoms with E-state index in [1.165, 1.54) is 15.9 Å². The van der Waals surface area contributed by atoms with Crippen LogP contribution in [0.25, 0.3) is 10.4 Å². The molecule has 2 aliphatic rings. The van der Waals surface area contributed by atoms with Crippen LogP contribution in [0.4, 0.5) is 24.5 Å². The number of hydrogen-bond acceptors (Lipinski definition) is 13. The molecule has 21 heteroatoms. The van der Waals surface area contributed by atoms with Crippen LogP contribution in [-0.2, 0) is 41.4 Å². The van der Waals surface area contributed by atoms with Crippen molar-refractivity contribution >= 4 is 63.7 Å². The molecule has 4 aromatic rings. The molecule has 0 aliphatic carbocycles. The van der Waals surface area contributed by atoms with Crippen molar-refractivity contribution in [3.8, 4) is 22.3 Å². The minimum Gasteiger partial charge on any atom is -0.494 e. The number of hydrogen-bond donors (Lipinski definition) is 3. The highest BCUT2D eigenvalue weighted by Crippen LogP contribution is 2.39. The number of carbonyl (C=O) groups is 4. The molecule has 3 atom stereocenters. The number of amides is 4. The fourth-order valence-corrected chi connectivity index (χ4v) is 9.37. The summed E-state index contributed by atoms with van der Waals surface area (Å²) >= 11 is 7.15. The Hall–Kier alpha value is -6.05. The highest BCUT2D eigenvalue weighted by molar-refractivity contribution is 7.81. The Labute approximate surface area is 414 Å². The maximum Gasteiger partial charge on any atom is 0.419 e. The zero-order valence-electron chi connectivity index (χ0n) is 39.8. The van der Waals surface area contributed by atoms with E-state index >= 15 is 0 Å². The van der Waals surface area contributed by atoms with Crippen molar-refractivity contribution in [2.75, 3.05) is 49.4 Å². The monoisotopic (exact) mass is 1010 g/mol. The SMILES string of the molecule is Cc1ncsc1-c1ccc(CNC(=O)[C@@H]2C[C@@H](O)CN2C(=O)[C@@H](NC(=O)COCCCOCCCCOc2ccc(N3C(=S)N(c4cnc(C#N)c(C(F)(F)F)c4)C(=O)C3(C)C)cc2)C(C)(C)C)cc1. The highest BCUT2D eigenvalue weighted by Gasteiger charge is 2.51. The standard InChI is InChI=1S/C49H57F3N8O8S2/c1-30-41(70-29-56-30)32-12-10-31(11-13-32)25-55-43(63)39-23-35(61)27-58(39)44(64)42(47(2,3)4)57-40(62)28-67-20-9-19-66-18-7-8-21-68-36-16-14-33(15-17-36)60-46(69)59(45(65)48(60,5)6)34-22-37(49(50,51)52)38(24-53)54-26-34/h10-17,22,26,29,35,39,42,61H,7-9,18-21,23,25,27-28H2,1-6H3,(H,55,63)(H,57,62)/t35-,39+,42-/m1/s1. The van der Waals surface area contributed by atoms with E-state index in [0.717, 1.165) is 32.8 Å². The van der Waals surface area contributed by atoms with Crippen LogP contribution in [0.1, 0.15) is 82.8 Å². The molecule has 0 spiro atoms. The van der Waals surface area contributed by atoms with Gasteiger partial charge in [0.2, 0.25) is 17.7 Å². The van der Waals surface area contributed by atoms with E-state index in [2.05, 4.69) is 20.6 Å². The number of thiazole rings is 1. The smallest absolute Gasteiger partial charge is 0.419 e. The predicted octanol–water partition coefficient (Wildman–Crippen LogP) is 6.71. The van der Waals surface area contributed by atoms with E-state index in [9.17, 15) is 37.5 Å². The number of nitrogens with zero attached hydrogens (tertiary/aromatic N) is 6. The molecule has 2 saturated heterocycles. The van der Waals surface area contributed by atoms with Crippen LogP contribution >= 0.6 is 23.6 Å². The Balaban J connectivity index is 0.867. The zero-order valence-corrected chi connectivity index (χ0v) is 41.4. The molecule has 0 unspecified atom stereocenters. The van der Waals surface area contributed by atoms with Gasteiger partial charge in [-0.25, -0.2) is 9.97 Å². The zero-order chi connectivity index (χ0) is 51.0. The summed E-state index contributed by atoms with van der Waals surface area (Å²) in [4.78, 5) is 66.7. The fraction of sp³-hybridized carbons (Fsp3) is 0.469. The first-order chi connectivity index (χ1) is 33.1. The van der Waals surface area contributed by atoms with Crippen molar-refractivity contribution < 1.29 is 51.7 Å². The Bertz CT molecular complexity index is 2560. The number of ether oxygens (including phenoxy) is 3. The summed E-state index contributed by atoms with van der Waals surface area (Å²) in [5.74, 6) is -1.35. The number of pyridine rings is 1. The van der Waals surface area contributed by atoms with Crippen molar-refractivity contribution in [2.45, 2.75) is 104 Å². The third-order valence-electron chi connectivity index (χ3n) is 11.8. The molecule has 16 nitrogen and oxygen atoms in total. The molecule has 4 heterocycles. The summed E-state index contributed by atoms with van der Waals surface area (Å²) in [7, 11) is 0. The maximum atomic E-state index is 13.9. The molecular weight excluding hydrogens is 950 g/mol. The van der Waals surface area contributed by atoms with Gasteiger partial charge in [0, 0.05) is 45.0 Å². The van der Waals surface area contributed by atoms with Gasteiger partial charge in [-0.2, -0.15) is 18.4 Å². The van der Waals surface area contributed by atoms with E-state index in [4.69, 9.17) is 31.7 Å². The van der Waals surface area contributed by atoms with Crippen molar-refractivity contribution in [3.05, 3.63) is 88.8 Å². The lowest BCUT2D eigenvalue weighted by Gasteiger charge is -2.35. The Morgan fingerprint density at radius 1 is 0.986 bits per heavy atom. The number of anilines is 2. The molecule has 0 saturated carbocycles. The van der Waals surface area contributed by atoms with Crippen LogP contribution in [0.15, 0.2) is 66.3 Å². The molecule has 0 bridgehead atoms. The topological polar surface area (TPSA) is 200 Å². The molecule has 70 heavy (non-hydrogen) atoms. The molecule has 0 radical (unpaired) electrons. The van der Waals surface area contributed by atoms with Crippen LogP contribution in [0.3, 0.4) is 0 Å². The van der Waals surface area contributed by atoms with Crippen molar-refractivity contribution in [1.82, 2.24) is 25.5 Å². The Kier molecular flexibility index (Phi) is 17.4. The number of aliphatic hydroxyl groups excluding tert-OH is 1. The maximum absolute atomic E-state index is 13.9. The van der Waals surface area contributed by atoms with Gasteiger partial charge in [0.15, 0.2) is 10.8 Å². The van der Waals surface area contributed by atoms with Gasteiger partial charge in [-0.1, -0.05) is 45.0 Å². The second kappa shape index (κ2) is 22.8. The first kappa shape index (κ1) is 53.3. The average Bonchev–Trinajstić information content (AvgIpc) is 3.98. The van der Waals surface area contributed by atoms with E-state index in [1.807, 2.05) is 52.0 Å². The normalized spacial score (nSPS) is 17.4. The number of β-amino-alcohol motifs (C(OH)–C–C–N with tert-alkyl or cyclic N) is 1. The molecule has 6 rings (SSSR count). The van der Waals surface area contributed by atoms with E-state index < -0.39 is 70.2 Å². The average molecular weight is 1010 g/mol. The van der Waals surface area contributed by atoms with E-state index in [-0.39, 0.29) is 43.5 Å². The number of nitrogens with one attached hydrogen (secondary N) is 2. The molecule has 3 N–H and O–H groups in total. The van der Waals surface area contributed by atoms with Crippen LogP contribution < -0.4 is 25.2 Å². The molecule has 4 amide bonds. The summed E-state index contributed by atoms with van der Waals surface area (Å²) in [5.41, 5.74) is 0.930. The van der Waals surface area contributed by atoms with Gasteiger partial charge >= 0.3 is 6.18 Å². The number of thiocarbonyl (C=S) groups is 1. The number of alkyl halides is 3. The number of aromatic nitrogens is 2. The summed E-state index contributed by atoms with van der Waals surface area (Å²) in [6.45, 7) is 12.0. The van der Waals surface area contributed by atoms with Crippen LogP contribution in [-0.4, -0.2) is 112 Å². The third-order valence-corrected chi connectivity index (χ3v) is 13.1. The number of nitriles is 1. The summed E-state index contributed by atoms with van der Waals surface area (Å²) in [6.07, 6.45) is -2.75. The largest absolute Gasteiger partial charge is 0.494 e. The first-order valence-corrected chi connectivity index (χ1v) is 24.0. The lowest BCUT2D eigenvalue weighted by Crippen LogP contribution is -2.58. The molecule has 374 valence electrons. The molecule has 2 aromatic heterocycles. The van der Waals surface area contributed by atoms with Crippen LogP contribution in [0, 0.1) is 23.7 Å². The van der Waals surface area contributed by atoms with Crippen molar-refractivity contribution in [2.24, 2.45) is 5.41 Å². The van der Waals surface area contributed by atoms with E-state index in [0.29, 0.717) is 56.6 Å². The lowest BCUT2D eigenvalue weighted by molar-refractivity contribution is -0.144. The number of likely N-dealkylation sites (tertiary alicyclic amines) is 1. The predicted molar refractivity (Wildman–Crippen MR) is 260 cm³/mol. The van der Waals surface area contributed by atoms with Gasteiger partial charge in [-0.05, 0) is 99.1 Å². The number of aryl methyl sites for hydroxylation is 1. The van der Waals surface area contributed by atoms with Gasteiger partial charge in [-0.3, -0.25) is 24.1 Å². The number of halogens is 3. The third kappa shape index (κ3) is 12.8. The van der Waals surface area contributed by atoms with Gasteiger partial charge in [0.05, 0.1) is 46.2 Å². The first-order valence-electron chi connectivity index (χ1n) is 22.7. The quantitative estimate of drug-likeness (QED) is 0.0624. The van der Waals surface area contributed by atoms with Gasteiger partial charge < -0.3 is 39.8 Å². The molecule has 2 aliphatic heterocycles. The number of rotatable bonds is 20. The minimum atomic E-state index is -4.86. The van der Waals surface area contributed by atoms with Gasteiger partial charge in [0.25, 0.3) is 5.91 Å². The van der Waals surface area contributed by atoms with Crippen molar-refractivity contribution in [1.29, 1.82) is 5.26 Å². The van der Waals surface area contributed by atoms with Gasteiger partial charge in [0.1, 0.15) is 36.0 Å². The number of carbonyl (C=O) groups excluding carboxylic acids is 4. The Morgan fingerprint density at radius 3 is 2.30 bits per heavy atom. The summed E-state index contributed by atoms with van der Waals surface area (Å²) in [6, 6.07) is 14.8. The Morgan fingerprint density at radius 2 is 1.66 bits per heavy atom. The number of aliphatic hydroxyl groups is 1.